The van der Waals surface area contributed by atoms with Gasteiger partial charge in [0.15, 0.2) is 5.16 Å². The lowest BCUT2D eigenvalue weighted by molar-refractivity contribution is 0.582. The molecule has 0 saturated heterocycles. The van der Waals surface area contributed by atoms with E-state index in [9.17, 15) is 12.8 Å². The summed E-state index contributed by atoms with van der Waals surface area (Å²) < 4.78 is 43.1. The largest absolute Gasteiger partial charge is 0.318 e. The first-order valence-electron chi connectivity index (χ1n) is 11.6. The number of nitrogens with one attached hydrogen (secondary N) is 1. The maximum absolute atomic E-state index is 13.1. The van der Waals surface area contributed by atoms with Crippen LogP contribution >= 0.6 is 11.8 Å². The first-order chi connectivity index (χ1) is 17.0. The van der Waals surface area contributed by atoms with Gasteiger partial charge in [0.05, 0.1) is 16.3 Å². The lowest BCUT2D eigenvalue weighted by atomic mass is 10.0. The van der Waals surface area contributed by atoms with E-state index in [2.05, 4.69) is 40.5 Å². The van der Waals surface area contributed by atoms with Crippen molar-refractivity contribution in [3.63, 3.8) is 0 Å². The number of nitrogens with zero attached hydrogens (tertiary/aromatic N) is 2. The van der Waals surface area contributed by atoms with Crippen molar-refractivity contribution in [1.82, 2.24) is 14.3 Å². The summed E-state index contributed by atoms with van der Waals surface area (Å²) >= 11 is 1.53. The number of thioether (sulfide) groups is 1. The molecule has 0 amide bonds. The van der Waals surface area contributed by atoms with E-state index in [-0.39, 0.29) is 11.4 Å². The maximum Gasteiger partial charge on any atom is 0.240 e. The van der Waals surface area contributed by atoms with Crippen LogP contribution in [0, 0.1) is 5.82 Å². The predicted molar refractivity (Wildman–Crippen MR) is 140 cm³/mol. The molecule has 4 aromatic rings. The van der Waals surface area contributed by atoms with E-state index >= 15 is 0 Å². The lowest BCUT2D eigenvalue weighted by Gasteiger charge is -2.13. The van der Waals surface area contributed by atoms with Gasteiger partial charge in [-0.25, -0.2) is 22.5 Å². The fraction of sp³-hybridized carbons (Fsp3) is 0.222. The Morgan fingerprint density at radius 1 is 0.914 bits per heavy atom. The summed E-state index contributed by atoms with van der Waals surface area (Å²) in [6.07, 6.45) is 2.06. The van der Waals surface area contributed by atoms with Crippen molar-refractivity contribution in [3.05, 3.63) is 90.7 Å². The predicted octanol–water partition coefficient (Wildman–Crippen LogP) is 6.23. The molecule has 0 aliphatic heterocycles. The van der Waals surface area contributed by atoms with Gasteiger partial charge in [0.2, 0.25) is 10.0 Å². The van der Waals surface area contributed by atoms with Crippen molar-refractivity contribution < 1.29 is 12.8 Å². The molecule has 4 rings (SSSR count). The minimum absolute atomic E-state index is 0.0473. The SMILES string of the molecule is CCCCn1c(SCCNS(=O)(=O)c2ccc(F)cc2)nc(-c2ccccc2)c1-c1ccccc1. The van der Waals surface area contributed by atoms with Gasteiger partial charge in [0.1, 0.15) is 5.82 Å². The Kier molecular flexibility index (Phi) is 8.38. The minimum Gasteiger partial charge on any atom is -0.318 e. The Labute approximate surface area is 210 Å². The van der Waals surface area contributed by atoms with Gasteiger partial charge in [0, 0.05) is 30.0 Å². The second-order valence-electron chi connectivity index (χ2n) is 8.03. The van der Waals surface area contributed by atoms with Crippen LogP contribution in [0.4, 0.5) is 4.39 Å². The van der Waals surface area contributed by atoms with Gasteiger partial charge in [0.25, 0.3) is 0 Å². The first-order valence-corrected chi connectivity index (χ1v) is 14.1. The van der Waals surface area contributed by atoms with Gasteiger partial charge < -0.3 is 4.57 Å². The zero-order valence-electron chi connectivity index (χ0n) is 19.5. The molecule has 0 fully saturated rings. The van der Waals surface area contributed by atoms with E-state index in [1.54, 1.807) is 0 Å². The number of imidazole rings is 1. The molecule has 1 heterocycles. The normalized spacial score (nSPS) is 11.6. The summed E-state index contributed by atoms with van der Waals surface area (Å²) in [6, 6.07) is 25.2. The second kappa shape index (κ2) is 11.7. The number of aromatic nitrogens is 2. The average Bonchev–Trinajstić information content (AvgIpc) is 3.25. The van der Waals surface area contributed by atoms with Crippen molar-refractivity contribution in [3.8, 4) is 22.5 Å². The highest BCUT2D eigenvalue weighted by Crippen LogP contribution is 2.36. The number of hydrogen-bond donors (Lipinski definition) is 1. The van der Waals surface area contributed by atoms with Crippen LogP contribution in [0.1, 0.15) is 19.8 Å². The van der Waals surface area contributed by atoms with Crippen LogP contribution in [0.5, 0.6) is 0 Å². The van der Waals surface area contributed by atoms with E-state index < -0.39 is 15.8 Å². The highest BCUT2D eigenvalue weighted by Gasteiger charge is 2.20. The number of halogens is 1. The first kappa shape index (κ1) is 25.2. The third kappa shape index (κ3) is 6.20. The van der Waals surface area contributed by atoms with Crippen LogP contribution in [0.3, 0.4) is 0 Å². The Bertz CT molecular complexity index is 1340. The standard InChI is InChI=1S/C27H28FN3O2S2/c1-2-3-19-31-26(22-12-8-5-9-13-22)25(21-10-6-4-7-11-21)30-27(31)34-20-18-29-35(32,33)24-16-14-23(28)15-17-24/h4-17,29H,2-3,18-20H2,1H3. The van der Waals surface area contributed by atoms with Gasteiger partial charge in [-0.2, -0.15) is 0 Å². The molecule has 1 aromatic heterocycles. The Balaban J connectivity index is 1.59. The molecule has 0 atom stereocenters. The summed E-state index contributed by atoms with van der Waals surface area (Å²) in [5.41, 5.74) is 4.13. The smallest absolute Gasteiger partial charge is 0.240 e. The molecular formula is C27H28FN3O2S2. The van der Waals surface area contributed by atoms with E-state index in [0.717, 1.165) is 59.2 Å². The Hall–Kier alpha value is -2.94. The van der Waals surface area contributed by atoms with Crippen LogP contribution < -0.4 is 4.72 Å². The van der Waals surface area contributed by atoms with Crippen molar-refractivity contribution in [2.45, 2.75) is 36.4 Å². The van der Waals surface area contributed by atoms with E-state index in [1.807, 2.05) is 36.4 Å². The molecule has 1 N–H and O–H groups in total. The molecule has 182 valence electrons. The second-order valence-corrected chi connectivity index (χ2v) is 10.9. The van der Waals surface area contributed by atoms with E-state index in [4.69, 9.17) is 4.98 Å². The Morgan fingerprint density at radius 3 is 2.17 bits per heavy atom. The molecule has 8 heteroatoms. The van der Waals surface area contributed by atoms with Crippen molar-refractivity contribution in [2.75, 3.05) is 12.3 Å². The molecular weight excluding hydrogens is 481 g/mol. The third-order valence-corrected chi connectivity index (χ3v) is 7.97. The number of hydrogen-bond acceptors (Lipinski definition) is 4. The van der Waals surface area contributed by atoms with Crippen molar-refractivity contribution >= 4 is 21.8 Å². The monoisotopic (exact) mass is 509 g/mol. The molecule has 0 radical (unpaired) electrons. The average molecular weight is 510 g/mol. The van der Waals surface area contributed by atoms with Crippen molar-refractivity contribution in [1.29, 1.82) is 0 Å². The highest BCUT2D eigenvalue weighted by molar-refractivity contribution is 7.99. The van der Waals surface area contributed by atoms with Crippen LogP contribution in [0.25, 0.3) is 22.5 Å². The van der Waals surface area contributed by atoms with E-state index in [1.165, 1.54) is 23.9 Å². The van der Waals surface area contributed by atoms with Gasteiger partial charge in [-0.1, -0.05) is 85.8 Å². The molecule has 0 spiro atoms. The molecule has 0 aliphatic rings. The molecule has 0 saturated carbocycles. The lowest BCUT2D eigenvalue weighted by Crippen LogP contribution is -2.26. The topological polar surface area (TPSA) is 64.0 Å². The number of benzene rings is 3. The number of rotatable bonds is 11. The molecule has 3 aromatic carbocycles. The molecule has 0 aliphatic carbocycles. The van der Waals surface area contributed by atoms with Crippen molar-refractivity contribution in [2.24, 2.45) is 0 Å². The van der Waals surface area contributed by atoms with Crippen LogP contribution in [-0.4, -0.2) is 30.3 Å². The van der Waals surface area contributed by atoms with Crippen LogP contribution in [0.15, 0.2) is 95.0 Å². The quantitative estimate of drug-likeness (QED) is 0.192. The molecule has 0 unspecified atom stereocenters. The third-order valence-electron chi connectivity index (χ3n) is 5.51. The molecule has 35 heavy (non-hydrogen) atoms. The summed E-state index contributed by atoms with van der Waals surface area (Å²) in [6.45, 7) is 3.21. The zero-order chi connectivity index (χ0) is 24.7. The summed E-state index contributed by atoms with van der Waals surface area (Å²) in [7, 11) is -3.70. The fourth-order valence-corrected chi connectivity index (χ4v) is 5.81. The zero-order valence-corrected chi connectivity index (χ0v) is 21.2. The van der Waals surface area contributed by atoms with Gasteiger partial charge >= 0.3 is 0 Å². The van der Waals surface area contributed by atoms with Crippen LogP contribution in [0.2, 0.25) is 0 Å². The number of unbranched alkanes of at least 4 members (excludes halogenated alkanes) is 1. The van der Waals surface area contributed by atoms with Gasteiger partial charge in [-0.3, -0.25) is 0 Å². The molecule has 0 bridgehead atoms. The summed E-state index contributed by atoms with van der Waals surface area (Å²) in [5, 5.41) is 0.858. The van der Waals surface area contributed by atoms with Gasteiger partial charge in [-0.15, -0.1) is 0 Å². The summed E-state index contributed by atoms with van der Waals surface area (Å²) in [5.74, 6) is 0.0355. The summed E-state index contributed by atoms with van der Waals surface area (Å²) in [4.78, 5) is 5.07. The minimum atomic E-state index is -3.70. The number of sulfonamides is 1. The van der Waals surface area contributed by atoms with E-state index in [0.29, 0.717) is 5.75 Å². The molecule has 5 nitrogen and oxygen atoms in total. The van der Waals surface area contributed by atoms with Gasteiger partial charge in [-0.05, 0) is 30.7 Å². The fourth-order valence-electron chi connectivity index (χ4n) is 3.77. The Morgan fingerprint density at radius 2 is 1.54 bits per heavy atom. The maximum atomic E-state index is 13.1. The highest BCUT2D eigenvalue weighted by atomic mass is 32.2. The van der Waals surface area contributed by atoms with Crippen LogP contribution in [-0.2, 0) is 16.6 Å².